The van der Waals surface area contributed by atoms with Crippen LogP contribution in [0.1, 0.15) is 68.3 Å². The van der Waals surface area contributed by atoms with Gasteiger partial charge < -0.3 is 30.1 Å². The van der Waals surface area contributed by atoms with E-state index in [1.165, 1.54) is 12.1 Å². The van der Waals surface area contributed by atoms with E-state index in [-0.39, 0.29) is 30.0 Å². The van der Waals surface area contributed by atoms with E-state index in [0.717, 1.165) is 36.0 Å². The van der Waals surface area contributed by atoms with E-state index < -0.39 is 23.8 Å². The molecule has 1 aliphatic carbocycles. The van der Waals surface area contributed by atoms with Crippen LogP contribution >= 0.6 is 0 Å². The van der Waals surface area contributed by atoms with Crippen molar-refractivity contribution in [1.29, 1.82) is 0 Å². The molecule has 3 amide bonds. The topological polar surface area (TPSA) is 117 Å². The summed E-state index contributed by atoms with van der Waals surface area (Å²) in [4.78, 5) is 43.6. The number of hydrogen-bond acceptors (Lipinski definition) is 6. The van der Waals surface area contributed by atoms with E-state index in [2.05, 4.69) is 10.6 Å². The summed E-state index contributed by atoms with van der Waals surface area (Å²) in [5, 5.41) is 15.6. The second kappa shape index (κ2) is 13.8. The Kier molecular flexibility index (Phi) is 10.2. The van der Waals surface area contributed by atoms with Crippen molar-refractivity contribution in [1.82, 2.24) is 10.2 Å². The van der Waals surface area contributed by atoms with Crippen LogP contribution in [0.15, 0.2) is 66.7 Å². The molecule has 3 aromatic rings. The lowest BCUT2D eigenvalue weighted by Gasteiger charge is -2.43. The third kappa shape index (κ3) is 8.52. The monoisotopic (exact) mass is 601 g/mol. The van der Waals surface area contributed by atoms with Crippen molar-refractivity contribution in [3.05, 3.63) is 89.0 Å². The molecule has 234 valence electrons. The van der Waals surface area contributed by atoms with Crippen molar-refractivity contribution in [2.45, 2.75) is 84.0 Å². The maximum atomic E-state index is 14.7. The second-order valence-corrected chi connectivity index (χ2v) is 12.4. The molecule has 3 aromatic carbocycles. The molecule has 2 unspecified atom stereocenters. The second-order valence-electron chi connectivity index (χ2n) is 12.4. The molecule has 44 heavy (non-hydrogen) atoms. The van der Waals surface area contributed by atoms with Crippen LogP contribution in [-0.2, 0) is 20.7 Å². The Hall–Kier alpha value is -4.53. The summed E-state index contributed by atoms with van der Waals surface area (Å²) < 4.78 is 10.8. The van der Waals surface area contributed by atoms with Crippen molar-refractivity contribution in [2.24, 2.45) is 0 Å². The number of methoxy groups -OCH3 is 1. The zero-order chi connectivity index (χ0) is 32.0. The highest BCUT2D eigenvalue weighted by Gasteiger charge is 2.42. The van der Waals surface area contributed by atoms with Gasteiger partial charge in [-0.1, -0.05) is 41.5 Å². The fraction of sp³-hybridized carbons (Fsp3) is 0.400. The predicted octanol–water partition coefficient (Wildman–Crippen LogP) is 6.21. The molecular formula is C35H43N3O6. The van der Waals surface area contributed by atoms with Crippen LogP contribution in [0.25, 0.3) is 0 Å². The van der Waals surface area contributed by atoms with E-state index in [1.807, 2.05) is 32.0 Å². The van der Waals surface area contributed by atoms with Gasteiger partial charge in [-0.25, -0.2) is 4.79 Å². The number of carbonyl (C=O) groups is 3. The Morgan fingerprint density at radius 3 is 2.09 bits per heavy atom. The number of anilines is 1. The van der Waals surface area contributed by atoms with Gasteiger partial charge in [0.1, 0.15) is 29.2 Å². The average molecular weight is 602 g/mol. The lowest BCUT2D eigenvalue weighted by atomic mass is 9.87. The number of phenols is 1. The number of carbonyl (C=O) groups excluding carboxylic acids is 3. The molecule has 1 fully saturated rings. The van der Waals surface area contributed by atoms with E-state index in [4.69, 9.17) is 9.47 Å². The van der Waals surface area contributed by atoms with Crippen molar-refractivity contribution < 1.29 is 29.0 Å². The molecule has 0 radical (unpaired) electrons. The highest BCUT2D eigenvalue weighted by molar-refractivity contribution is 5.99. The van der Waals surface area contributed by atoms with Crippen molar-refractivity contribution in [3.63, 3.8) is 0 Å². The molecule has 0 aromatic heterocycles. The molecule has 0 spiro atoms. The molecule has 2 atom stereocenters. The smallest absolute Gasteiger partial charge is 0.408 e. The van der Waals surface area contributed by atoms with Gasteiger partial charge in [0.2, 0.25) is 5.91 Å². The first-order chi connectivity index (χ1) is 20.8. The number of phenolic OH excluding ortho intramolecular Hbond substituents is 1. The fourth-order valence-corrected chi connectivity index (χ4v) is 5.37. The van der Waals surface area contributed by atoms with Crippen LogP contribution in [-0.4, -0.2) is 52.7 Å². The molecule has 4 rings (SSSR count). The molecular weight excluding hydrogens is 558 g/mol. The number of ether oxygens (including phenoxy) is 2. The van der Waals surface area contributed by atoms with Gasteiger partial charge in [0, 0.05) is 18.2 Å². The van der Waals surface area contributed by atoms with E-state index in [9.17, 15) is 19.5 Å². The third-order valence-corrected chi connectivity index (χ3v) is 7.53. The number of hydrogen-bond donors (Lipinski definition) is 3. The maximum absolute atomic E-state index is 14.7. The van der Waals surface area contributed by atoms with Gasteiger partial charge in [0.15, 0.2) is 0 Å². The normalized spacial score (nSPS) is 14.5. The summed E-state index contributed by atoms with van der Waals surface area (Å²) in [6.07, 6.45) is 1.81. The van der Waals surface area contributed by atoms with Gasteiger partial charge in [0.05, 0.1) is 7.11 Å². The Morgan fingerprint density at radius 2 is 1.57 bits per heavy atom. The SMILES string of the molecule is COc1ccc(NC(=O)C(c2cc(C)cc(C)c2)N(C(=O)C(Cc2ccc(O)cc2)NC(=O)OC(C)(C)C)C2CCC2)cc1. The number of amides is 3. The quantitative estimate of drug-likeness (QED) is 0.254. The van der Waals surface area contributed by atoms with Crippen LogP contribution in [0.5, 0.6) is 11.5 Å². The molecule has 0 heterocycles. The van der Waals surface area contributed by atoms with Gasteiger partial charge >= 0.3 is 6.09 Å². The largest absolute Gasteiger partial charge is 0.508 e. The predicted molar refractivity (Wildman–Crippen MR) is 170 cm³/mol. The fourth-order valence-electron chi connectivity index (χ4n) is 5.37. The highest BCUT2D eigenvalue weighted by atomic mass is 16.6. The number of benzene rings is 3. The van der Waals surface area contributed by atoms with E-state index in [1.54, 1.807) is 69.2 Å². The molecule has 1 aliphatic rings. The van der Waals surface area contributed by atoms with E-state index in [0.29, 0.717) is 17.0 Å². The molecule has 0 bridgehead atoms. The van der Waals surface area contributed by atoms with Crippen LogP contribution in [0.2, 0.25) is 0 Å². The first kappa shape index (κ1) is 32.4. The van der Waals surface area contributed by atoms with Gasteiger partial charge in [-0.15, -0.1) is 0 Å². The Morgan fingerprint density at radius 1 is 0.955 bits per heavy atom. The zero-order valence-corrected chi connectivity index (χ0v) is 26.3. The summed E-state index contributed by atoms with van der Waals surface area (Å²) in [5.41, 5.74) is 3.15. The average Bonchev–Trinajstić information content (AvgIpc) is 2.91. The highest BCUT2D eigenvalue weighted by Crippen LogP contribution is 2.35. The van der Waals surface area contributed by atoms with Gasteiger partial charge in [-0.05, 0) is 101 Å². The summed E-state index contributed by atoms with van der Waals surface area (Å²) in [6.45, 7) is 9.18. The van der Waals surface area contributed by atoms with E-state index >= 15 is 0 Å². The minimum atomic E-state index is -1.03. The van der Waals surface area contributed by atoms with Crippen LogP contribution in [0, 0.1) is 13.8 Å². The molecule has 0 saturated heterocycles. The Balaban J connectivity index is 1.76. The lowest BCUT2D eigenvalue weighted by molar-refractivity contribution is -0.145. The van der Waals surface area contributed by atoms with Gasteiger partial charge in [-0.3, -0.25) is 9.59 Å². The first-order valence-corrected chi connectivity index (χ1v) is 15.0. The van der Waals surface area contributed by atoms with Gasteiger partial charge in [-0.2, -0.15) is 0 Å². The standard InChI is InChI=1S/C35H43N3O6/c1-22-18-23(2)20-25(19-22)31(32(40)36-26-12-16-29(43-6)17-13-26)38(27-8-7-9-27)33(41)30(37-34(42)44-35(3,4)5)21-24-10-14-28(39)15-11-24/h10-20,27,30-31,39H,7-9,21H2,1-6H3,(H,36,40)(H,37,42). The lowest BCUT2D eigenvalue weighted by Crippen LogP contribution is -2.57. The summed E-state index contributed by atoms with van der Waals surface area (Å²) in [6, 6.07) is 17.2. The number of nitrogens with one attached hydrogen (secondary N) is 2. The van der Waals surface area contributed by atoms with Crippen molar-refractivity contribution >= 4 is 23.6 Å². The number of aromatic hydroxyl groups is 1. The summed E-state index contributed by atoms with van der Waals surface area (Å²) >= 11 is 0. The summed E-state index contributed by atoms with van der Waals surface area (Å²) in [7, 11) is 1.58. The third-order valence-electron chi connectivity index (χ3n) is 7.53. The number of rotatable bonds is 10. The molecule has 3 N–H and O–H groups in total. The first-order valence-electron chi connectivity index (χ1n) is 15.0. The Labute approximate surface area is 259 Å². The molecule has 0 aliphatic heterocycles. The van der Waals surface area contributed by atoms with Crippen LogP contribution < -0.4 is 15.4 Å². The Bertz CT molecular complexity index is 1440. The summed E-state index contributed by atoms with van der Waals surface area (Å²) in [5.74, 6) is 0.00655. The molecule has 1 saturated carbocycles. The maximum Gasteiger partial charge on any atom is 0.408 e. The van der Waals surface area contributed by atoms with Crippen molar-refractivity contribution in [3.8, 4) is 11.5 Å². The van der Waals surface area contributed by atoms with Crippen LogP contribution in [0.3, 0.4) is 0 Å². The molecule has 9 nitrogen and oxygen atoms in total. The van der Waals surface area contributed by atoms with Crippen LogP contribution in [0.4, 0.5) is 10.5 Å². The minimum Gasteiger partial charge on any atom is -0.508 e. The van der Waals surface area contributed by atoms with Gasteiger partial charge in [0.25, 0.3) is 5.91 Å². The van der Waals surface area contributed by atoms with Crippen molar-refractivity contribution in [2.75, 3.05) is 12.4 Å². The number of alkyl carbamates (subject to hydrolysis) is 1. The molecule has 9 heteroatoms. The minimum absolute atomic E-state index is 0.0953. The number of aryl methyl sites for hydroxylation is 2. The number of nitrogens with zero attached hydrogens (tertiary/aromatic N) is 1. The zero-order valence-electron chi connectivity index (χ0n) is 26.3.